The smallest absolute Gasteiger partial charge is 0.222 e. The topological polar surface area (TPSA) is 23.6 Å². The summed E-state index contributed by atoms with van der Waals surface area (Å²) in [6.45, 7) is 8.37. The molecule has 1 aliphatic rings. The zero-order chi connectivity index (χ0) is 12.0. The summed E-state index contributed by atoms with van der Waals surface area (Å²) in [7, 11) is 2.18. The van der Waals surface area contributed by atoms with Gasteiger partial charge in [-0.25, -0.2) is 0 Å². The van der Waals surface area contributed by atoms with Crippen molar-refractivity contribution in [2.45, 2.75) is 39.5 Å². The molecule has 3 heteroatoms. The van der Waals surface area contributed by atoms with Gasteiger partial charge >= 0.3 is 0 Å². The predicted octanol–water partition coefficient (Wildman–Crippen LogP) is 1.98. The Morgan fingerprint density at radius 2 is 1.94 bits per heavy atom. The largest absolute Gasteiger partial charge is 0.343 e. The Labute approximate surface area is 99.8 Å². The van der Waals surface area contributed by atoms with Gasteiger partial charge in [-0.3, -0.25) is 4.79 Å². The van der Waals surface area contributed by atoms with E-state index in [9.17, 15) is 4.79 Å². The van der Waals surface area contributed by atoms with Crippen LogP contribution in [-0.2, 0) is 4.79 Å². The van der Waals surface area contributed by atoms with Crippen LogP contribution >= 0.6 is 0 Å². The number of amides is 1. The second-order valence-electron chi connectivity index (χ2n) is 4.93. The van der Waals surface area contributed by atoms with Crippen molar-refractivity contribution in [3.8, 4) is 0 Å². The Kier molecular flexibility index (Phi) is 5.81. The van der Waals surface area contributed by atoms with E-state index >= 15 is 0 Å². The molecule has 0 atom stereocenters. The fourth-order valence-corrected chi connectivity index (χ4v) is 2.34. The molecule has 0 aromatic carbocycles. The highest BCUT2D eigenvalue weighted by Crippen LogP contribution is 2.17. The van der Waals surface area contributed by atoms with Crippen molar-refractivity contribution >= 4 is 5.91 Å². The number of carbonyl (C=O) groups excluding carboxylic acids is 1. The SMILES string of the molecule is CCCC(=O)N(CC)CC1CCN(C)CC1. The first-order valence-electron chi connectivity index (χ1n) is 6.63. The summed E-state index contributed by atoms with van der Waals surface area (Å²) in [6.07, 6.45) is 4.15. The van der Waals surface area contributed by atoms with E-state index < -0.39 is 0 Å². The molecule has 1 rings (SSSR count). The number of likely N-dealkylation sites (tertiary alicyclic amines) is 1. The lowest BCUT2D eigenvalue weighted by Gasteiger charge is -2.32. The number of hydrogen-bond donors (Lipinski definition) is 0. The number of nitrogens with zero attached hydrogens (tertiary/aromatic N) is 2. The first kappa shape index (κ1) is 13.5. The second kappa shape index (κ2) is 6.89. The van der Waals surface area contributed by atoms with Crippen molar-refractivity contribution in [1.29, 1.82) is 0 Å². The van der Waals surface area contributed by atoms with Gasteiger partial charge in [0.1, 0.15) is 0 Å². The van der Waals surface area contributed by atoms with Crippen LogP contribution in [0.2, 0.25) is 0 Å². The van der Waals surface area contributed by atoms with Crippen LogP contribution in [0.5, 0.6) is 0 Å². The minimum Gasteiger partial charge on any atom is -0.343 e. The van der Waals surface area contributed by atoms with Crippen LogP contribution in [0.1, 0.15) is 39.5 Å². The fourth-order valence-electron chi connectivity index (χ4n) is 2.34. The minimum atomic E-state index is 0.337. The Hall–Kier alpha value is -0.570. The lowest BCUT2D eigenvalue weighted by molar-refractivity contribution is -0.131. The molecule has 0 bridgehead atoms. The van der Waals surface area contributed by atoms with Crippen molar-refractivity contribution in [2.24, 2.45) is 5.92 Å². The van der Waals surface area contributed by atoms with Crippen LogP contribution in [0.3, 0.4) is 0 Å². The number of piperidine rings is 1. The van der Waals surface area contributed by atoms with Gasteiger partial charge in [-0.1, -0.05) is 6.92 Å². The third kappa shape index (κ3) is 4.12. The van der Waals surface area contributed by atoms with E-state index in [1.165, 1.54) is 25.9 Å². The fraction of sp³-hybridized carbons (Fsp3) is 0.923. The molecule has 0 N–H and O–H groups in total. The molecule has 1 heterocycles. The van der Waals surface area contributed by atoms with E-state index in [1.54, 1.807) is 0 Å². The summed E-state index contributed by atoms with van der Waals surface area (Å²) in [5, 5.41) is 0. The Bertz CT molecular complexity index is 210. The van der Waals surface area contributed by atoms with E-state index in [0.717, 1.165) is 25.4 Å². The molecule has 3 nitrogen and oxygen atoms in total. The molecule has 0 spiro atoms. The summed E-state index contributed by atoms with van der Waals surface area (Å²) in [5.41, 5.74) is 0. The molecule has 0 aromatic heterocycles. The van der Waals surface area contributed by atoms with Crippen molar-refractivity contribution in [3.63, 3.8) is 0 Å². The molecule has 16 heavy (non-hydrogen) atoms. The third-order valence-electron chi connectivity index (χ3n) is 3.52. The molecule has 0 aromatic rings. The normalized spacial score (nSPS) is 18.7. The van der Waals surface area contributed by atoms with Gasteiger partial charge in [0.15, 0.2) is 0 Å². The van der Waals surface area contributed by atoms with Crippen LogP contribution in [0.4, 0.5) is 0 Å². The Morgan fingerprint density at radius 3 is 2.44 bits per heavy atom. The van der Waals surface area contributed by atoms with Crippen LogP contribution in [0.25, 0.3) is 0 Å². The quantitative estimate of drug-likeness (QED) is 0.715. The highest BCUT2D eigenvalue weighted by Gasteiger charge is 2.20. The summed E-state index contributed by atoms with van der Waals surface area (Å²) < 4.78 is 0. The molecule has 0 radical (unpaired) electrons. The van der Waals surface area contributed by atoms with Gasteiger partial charge in [-0.15, -0.1) is 0 Å². The first-order valence-corrected chi connectivity index (χ1v) is 6.63. The molecule has 1 fully saturated rings. The molecule has 1 amide bonds. The van der Waals surface area contributed by atoms with Gasteiger partial charge in [-0.05, 0) is 52.2 Å². The number of rotatable bonds is 5. The van der Waals surface area contributed by atoms with Gasteiger partial charge < -0.3 is 9.80 Å². The number of carbonyl (C=O) groups is 1. The zero-order valence-electron chi connectivity index (χ0n) is 11.0. The van der Waals surface area contributed by atoms with E-state index in [0.29, 0.717) is 12.3 Å². The molecular weight excluding hydrogens is 200 g/mol. The first-order chi connectivity index (χ1) is 7.67. The molecule has 1 saturated heterocycles. The van der Waals surface area contributed by atoms with Crippen molar-refractivity contribution in [1.82, 2.24) is 9.80 Å². The summed E-state index contributed by atoms with van der Waals surface area (Å²) in [6, 6.07) is 0. The van der Waals surface area contributed by atoms with E-state index in [-0.39, 0.29) is 0 Å². The van der Waals surface area contributed by atoms with Gasteiger partial charge in [0.05, 0.1) is 0 Å². The van der Waals surface area contributed by atoms with Gasteiger partial charge in [-0.2, -0.15) is 0 Å². The molecule has 0 unspecified atom stereocenters. The van der Waals surface area contributed by atoms with E-state index in [4.69, 9.17) is 0 Å². The lowest BCUT2D eigenvalue weighted by Crippen LogP contribution is -2.39. The summed E-state index contributed by atoms with van der Waals surface area (Å²) in [4.78, 5) is 16.2. The van der Waals surface area contributed by atoms with Gasteiger partial charge in [0.2, 0.25) is 5.91 Å². The van der Waals surface area contributed by atoms with E-state index in [2.05, 4.69) is 25.8 Å². The second-order valence-corrected chi connectivity index (χ2v) is 4.93. The maximum atomic E-state index is 11.8. The van der Waals surface area contributed by atoms with Crippen LogP contribution in [-0.4, -0.2) is 48.9 Å². The average molecular weight is 226 g/mol. The maximum Gasteiger partial charge on any atom is 0.222 e. The standard InChI is InChI=1S/C13H26N2O/c1-4-6-13(16)15(5-2)11-12-7-9-14(3)10-8-12/h12H,4-11H2,1-3H3. The van der Waals surface area contributed by atoms with Gasteiger partial charge in [0.25, 0.3) is 0 Å². The van der Waals surface area contributed by atoms with Crippen molar-refractivity contribution in [3.05, 3.63) is 0 Å². The van der Waals surface area contributed by atoms with E-state index in [1.807, 2.05) is 4.90 Å². The third-order valence-corrected chi connectivity index (χ3v) is 3.52. The monoisotopic (exact) mass is 226 g/mol. The molecule has 1 aliphatic heterocycles. The minimum absolute atomic E-state index is 0.337. The zero-order valence-corrected chi connectivity index (χ0v) is 11.0. The van der Waals surface area contributed by atoms with Crippen molar-refractivity contribution in [2.75, 3.05) is 33.2 Å². The molecular formula is C13H26N2O. The Balaban J connectivity index is 2.35. The van der Waals surface area contributed by atoms with Crippen LogP contribution in [0.15, 0.2) is 0 Å². The number of hydrogen-bond acceptors (Lipinski definition) is 2. The average Bonchev–Trinajstić information content (AvgIpc) is 2.28. The molecule has 0 aliphatic carbocycles. The van der Waals surface area contributed by atoms with Crippen LogP contribution in [0, 0.1) is 5.92 Å². The predicted molar refractivity (Wildman–Crippen MR) is 67.4 cm³/mol. The summed E-state index contributed by atoms with van der Waals surface area (Å²) >= 11 is 0. The lowest BCUT2D eigenvalue weighted by atomic mass is 9.96. The van der Waals surface area contributed by atoms with Crippen LogP contribution < -0.4 is 0 Å². The highest BCUT2D eigenvalue weighted by atomic mass is 16.2. The maximum absolute atomic E-state index is 11.8. The molecule has 0 saturated carbocycles. The van der Waals surface area contributed by atoms with Gasteiger partial charge in [0, 0.05) is 19.5 Å². The summed E-state index contributed by atoms with van der Waals surface area (Å²) in [5.74, 6) is 1.06. The van der Waals surface area contributed by atoms with Crippen molar-refractivity contribution < 1.29 is 4.79 Å². The Morgan fingerprint density at radius 1 is 1.31 bits per heavy atom. The molecule has 94 valence electrons. The highest BCUT2D eigenvalue weighted by molar-refractivity contribution is 5.76.